The van der Waals surface area contributed by atoms with Gasteiger partial charge in [-0.25, -0.2) is 9.18 Å². The standard InChI is InChI=1S/C26H28FN3O4/c1-14(2)24-23(15-7-8-26(3,25(31)32)34-13-15)18-11-20-16(12-28-29-20)9-21(18)30(24)17-5-6-19(27)22(10-17)33-4/h5-6,9-12,14-15H,7-8,13H2,1-4H3,(H,28,29)(H,31,32)/t15-,26+/m0/s1. The van der Waals surface area contributed by atoms with E-state index in [1.165, 1.54) is 13.2 Å². The lowest BCUT2D eigenvalue weighted by molar-refractivity contribution is -0.170. The fraction of sp³-hybridized carbons (Fsp3) is 0.385. The number of methoxy groups -OCH3 is 1. The number of carbonyl (C=O) groups is 1. The fourth-order valence-corrected chi connectivity index (χ4v) is 5.12. The van der Waals surface area contributed by atoms with E-state index in [2.05, 4.69) is 40.7 Å². The van der Waals surface area contributed by atoms with Gasteiger partial charge in [0.15, 0.2) is 17.2 Å². The quantitative estimate of drug-likeness (QED) is 0.405. The molecule has 8 heteroatoms. The zero-order valence-corrected chi connectivity index (χ0v) is 19.7. The number of ether oxygens (including phenoxy) is 2. The summed E-state index contributed by atoms with van der Waals surface area (Å²) < 4.78 is 27.6. The van der Waals surface area contributed by atoms with Crippen LogP contribution in [0.25, 0.3) is 27.5 Å². The molecule has 34 heavy (non-hydrogen) atoms. The molecule has 0 saturated carbocycles. The number of halogens is 1. The summed E-state index contributed by atoms with van der Waals surface area (Å²) in [6.07, 6.45) is 2.90. The van der Waals surface area contributed by atoms with Crippen molar-refractivity contribution in [1.29, 1.82) is 0 Å². The monoisotopic (exact) mass is 465 g/mol. The van der Waals surface area contributed by atoms with E-state index in [0.29, 0.717) is 19.4 Å². The summed E-state index contributed by atoms with van der Waals surface area (Å²) in [6, 6.07) is 9.07. The van der Waals surface area contributed by atoms with Gasteiger partial charge >= 0.3 is 5.97 Å². The third-order valence-electron chi connectivity index (χ3n) is 6.98. The van der Waals surface area contributed by atoms with Gasteiger partial charge in [0.05, 0.1) is 30.9 Å². The van der Waals surface area contributed by atoms with E-state index in [1.807, 2.05) is 0 Å². The highest BCUT2D eigenvalue weighted by molar-refractivity contribution is 5.99. The first-order chi connectivity index (χ1) is 16.2. The lowest BCUT2D eigenvalue weighted by atomic mass is 9.83. The number of nitrogens with zero attached hydrogens (tertiary/aromatic N) is 2. The molecule has 7 nitrogen and oxygen atoms in total. The van der Waals surface area contributed by atoms with Crippen molar-refractivity contribution in [2.75, 3.05) is 13.7 Å². The van der Waals surface area contributed by atoms with E-state index < -0.39 is 17.4 Å². The van der Waals surface area contributed by atoms with Crippen LogP contribution < -0.4 is 4.74 Å². The van der Waals surface area contributed by atoms with Gasteiger partial charge in [-0.15, -0.1) is 0 Å². The Kier molecular flexibility index (Phi) is 5.36. The molecule has 2 aromatic carbocycles. The number of aliphatic carboxylic acids is 1. The molecule has 2 N–H and O–H groups in total. The Bertz CT molecular complexity index is 1400. The maximum Gasteiger partial charge on any atom is 0.335 e. The summed E-state index contributed by atoms with van der Waals surface area (Å²) in [5, 5.41) is 18.9. The second kappa shape index (κ2) is 8.13. The average Bonchev–Trinajstić information content (AvgIpc) is 3.40. The Morgan fingerprint density at radius 1 is 1.35 bits per heavy atom. The summed E-state index contributed by atoms with van der Waals surface area (Å²) in [5.74, 6) is -1.01. The van der Waals surface area contributed by atoms with E-state index in [-0.39, 0.29) is 17.6 Å². The molecule has 0 spiro atoms. The molecule has 5 rings (SSSR count). The molecular formula is C26H28FN3O4. The van der Waals surface area contributed by atoms with Crippen molar-refractivity contribution >= 4 is 27.8 Å². The minimum Gasteiger partial charge on any atom is -0.494 e. The number of rotatable bonds is 5. The van der Waals surface area contributed by atoms with Crippen LogP contribution in [0.2, 0.25) is 0 Å². The predicted octanol–water partition coefficient (Wildman–Crippen LogP) is 5.52. The molecule has 1 fully saturated rings. The Morgan fingerprint density at radius 3 is 2.79 bits per heavy atom. The average molecular weight is 466 g/mol. The van der Waals surface area contributed by atoms with Crippen LogP contribution in [0.1, 0.15) is 56.7 Å². The van der Waals surface area contributed by atoms with Crippen LogP contribution in [0.3, 0.4) is 0 Å². The summed E-state index contributed by atoms with van der Waals surface area (Å²) in [7, 11) is 1.46. The van der Waals surface area contributed by atoms with Crippen molar-refractivity contribution in [1.82, 2.24) is 14.8 Å². The van der Waals surface area contributed by atoms with Crippen LogP contribution in [0.4, 0.5) is 4.39 Å². The number of carboxylic acid groups (broad SMARTS) is 1. The Balaban J connectivity index is 1.77. The number of aromatic amines is 1. The molecule has 0 bridgehead atoms. The molecule has 4 aromatic rings. The normalized spacial score (nSPS) is 20.9. The van der Waals surface area contributed by atoms with E-state index in [4.69, 9.17) is 9.47 Å². The van der Waals surface area contributed by atoms with Crippen LogP contribution in [0.5, 0.6) is 5.75 Å². The van der Waals surface area contributed by atoms with Gasteiger partial charge in [0, 0.05) is 34.1 Å². The topological polar surface area (TPSA) is 89.4 Å². The summed E-state index contributed by atoms with van der Waals surface area (Å²) in [4.78, 5) is 11.7. The van der Waals surface area contributed by atoms with Gasteiger partial charge in [-0.1, -0.05) is 13.8 Å². The number of hydrogen-bond acceptors (Lipinski definition) is 4. The molecular weight excluding hydrogens is 437 g/mol. The van der Waals surface area contributed by atoms with Crippen LogP contribution in [-0.4, -0.2) is 45.2 Å². The third-order valence-corrected chi connectivity index (χ3v) is 6.98. The van der Waals surface area contributed by atoms with Gasteiger partial charge in [-0.3, -0.25) is 5.10 Å². The fourth-order valence-electron chi connectivity index (χ4n) is 5.12. The molecule has 0 amide bonds. The number of aromatic nitrogens is 3. The van der Waals surface area contributed by atoms with Crippen LogP contribution >= 0.6 is 0 Å². The zero-order chi connectivity index (χ0) is 24.2. The van der Waals surface area contributed by atoms with Gasteiger partial charge in [0.2, 0.25) is 0 Å². The third kappa shape index (κ3) is 3.44. The van der Waals surface area contributed by atoms with Crippen molar-refractivity contribution < 1.29 is 23.8 Å². The Labute approximate surface area is 196 Å². The summed E-state index contributed by atoms with van der Waals surface area (Å²) >= 11 is 0. The summed E-state index contributed by atoms with van der Waals surface area (Å²) in [5.41, 5.74) is 3.76. The molecule has 0 radical (unpaired) electrons. The molecule has 1 aliphatic heterocycles. The minimum atomic E-state index is -1.17. The van der Waals surface area contributed by atoms with Gasteiger partial charge in [-0.2, -0.15) is 5.10 Å². The molecule has 2 atom stereocenters. The first-order valence-electron chi connectivity index (χ1n) is 11.5. The molecule has 0 unspecified atom stereocenters. The van der Waals surface area contributed by atoms with Crippen LogP contribution in [0.15, 0.2) is 36.5 Å². The predicted molar refractivity (Wildman–Crippen MR) is 127 cm³/mol. The lowest BCUT2D eigenvalue weighted by Crippen LogP contribution is -2.43. The Hall–Kier alpha value is -3.39. The second-order valence-electron chi connectivity index (χ2n) is 9.52. The molecule has 1 saturated heterocycles. The largest absolute Gasteiger partial charge is 0.494 e. The summed E-state index contributed by atoms with van der Waals surface area (Å²) in [6.45, 7) is 6.22. The van der Waals surface area contributed by atoms with Crippen molar-refractivity contribution in [2.24, 2.45) is 0 Å². The van der Waals surface area contributed by atoms with E-state index in [1.54, 1.807) is 25.3 Å². The SMILES string of the molecule is COc1cc(-n2c(C(C)C)c([C@H]3CC[C@](C)(C(=O)O)OC3)c3cc4[nH]ncc4cc32)ccc1F. The zero-order valence-electron chi connectivity index (χ0n) is 19.7. The second-order valence-corrected chi connectivity index (χ2v) is 9.52. The van der Waals surface area contributed by atoms with Gasteiger partial charge in [-0.05, 0) is 55.5 Å². The van der Waals surface area contributed by atoms with E-state index >= 15 is 0 Å². The highest BCUT2D eigenvalue weighted by atomic mass is 19.1. The van der Waals surface area contributed by atoms with Gasteiger partial charge in [0.25, 0.3) is 0 Å². The van der Waals surface area contributed by atoms with Crippen LogP contribution in [-0.2, 0) is 9.53 Å². The highest BCUT2D eigenvalue weighted by Gasteiger charge is 2.41. The molecule has 1 aliphatic rings. The molecule has 3 heterocycles. The molecule has 0 aliphatic carbocycles. The maximum absolute atomic E-state index is 14.2. The number of nitrogens with one attached hydrogen (secondary N) is 1. The Morgan fingerprint density at radius 2 is 2.15 bits per heavy atom. The van der Waals surface area contributed by atoms with Crippen molar-refractivity contribution in [3.8, 4) is 11.4 Å². The number of H-pyrrole nitrogens is 1. The minimum absolute atomic E-state index is 0.0243. The highest BCUT2D eigenvalue weighted by Crippen LogP contribution is 2.44. The lowest BCUT2D eigenvalue weighted by Gasteiger charge is -2.35. The van der Waals surface area contributed by atoms with Crippen LogP contribution in [0, 0.1) is 5.82 Å². The maximum atomic E-state index is 14.2. The number of carboxylic acids is 1. The van der Waals surface area contributed by atoms with Crippen molar-refractivity contribution in [3.05, 3.63) is 53.6 Å². The number of benzene rings is 2. The smallest absolute Gasteiger partial charge is 0.335 e. The first kappa shape index (κ1) is 22.4. The molecule has 178 valence electrons. The van der Waals surface area contributed by atoms with Gasteiger partial charge in [0.1, 0.15) is 0 Å². The van der Waals surface area contributed by atoms with E-state index in [9.17, 15) is 14.3 Å². The van der Waals surface area contributed by atoms with Gasteiger partial charge < -0.3 is 19.1 Å². The first-order valence-corrected chi connectivity index (χ1v) is 11.5. The molecule has 2 aromatic heterocycles. The number of hydrogen-bond donors (Lipinski definition) is 2. The van der Waals surface area contributed by atoms with Crippen molar-refractivity contribution in [3.63, 3.8) is 0 Å². The number of fused-ring (bicyclic) bond motifs is 2. The van der Waals surface area contributed by atoms with E-state index in [0.717, 1.165) is 38.8 Å². The van der Waals surface area contributed by atoms with Crippen molar-refractivity contribution in [2.45, 2.75) is 51.0 Å².